The summed E-state index contributed by atoms with van der Waals surface area (Å²) in [6.45, 7) is 1.69. The Morgan fingerprint density at radius 2 is 1.23 bits per heavy atom. The van der Waals surface area contributed by atoms with Crippen LogP contribution in [0, 0.1) is 12.7 Å². The zero-order valence-electron chi connectivity index (χ0n) is 12.2. The van der Waals surface area contributed by atoms with E-state index in [1.807, 2.05) is 60.7 Å². The lowest BCUT2D eigenvalue weighted by Gasteiger charge is -2.20. The largest absolute Gasteiger partial charge is 0.309 e. The molecule has 110 valence electrons. The van der Waals surface area contributed by atoms with Gasteiger partial charge in [0, 0.05) is 15.9 Å². The smallest absolute Gasteiger partial charge is 0.171 e. The molecule has 3 heteroatoms. The van der Waals surface area contributed by atoms with Crippen LogP contribution in [0.1, 0.15) is 5.56 Å². The molecule has 0 aromatic heterocycles. The van der Waals surface area contributed by atoms with E-state index in [1.165, 1.54) is 6.07 Å². The van der Waals surface area contributed by atoms with Crippen LogP contribution in [0.25, 0.3) is 0 Å². The minimum Gasteiger partial charge on any atom is -0.309 e. The number of rotatable bonds is 3. The van der Waals surface area contributed by atoms with Gasteiger partial charge in [0.2, 0.25) is 0 Å². The van der Waals surface area contributed by atoms with E-state index in [9.17, 15) is 8.96 Å². The van der Waals surface area contributed by atoms with E-state index in [2.05, 4.69) is 0 Å². The van der Waals surface area contributed by atoms with E-state index < -0.39 is 7.14 Å². The van der Waals surface area contributed by atoms with Gasteiger partial charge in [-0.3, -0.25) is 0 Å². The van der Waals surface area contributed by atoms with Gasteiger partial charge < -0.3 is 4.57 Å². The minimum atomic E-state index is -2.99. The van der Waals surface area contributed by atoms with E-state index in [0.29, 0.717) is 10.9 Å². The second-order valence-corrected chi connectivity index (χ2v) is 7.98. The third-order valence-corrected chi connectivity index (χ3v) is 6.80. The molecule has 0 aliphatic rings. The Balaban J connectivity index is 2.28. The molecule has 1 nitrogen and oxygen atoms in total. The predicted molar refractivity (Wildman–Crippen MR) is 90.5 cm³/mol. The molecular weight excluding hydrogens is 294 g/mol. The van der Waals surface area contributed by atoms with Crippen molar-refractivity contribution >= 4 is 23.1 Å². The molecule has 0 aliphatic heterocycles. The van der Waals surface area contributed by atoms with Crippen molar-refractivity contribution in [3.05, 3.63) is 90.2 Å². The first-order valence-corrected chi connectivity index (χ1v) is 8.81. The van der Waals surface area contributed by atoms with Crippen molar-refractivity contribution in [3.8, 4) is 0 Å². The molecule has 0 unspecified atom stereocenters. The average molecular weight is 310 g/mol. The van der Waals surface area contributed by atoms with E-state index in [4.69, 9.17) is 0 Å². The summed E-state index contributed by atoms with van der Waals surface area (Å²) in [5, 5.41) is 2.17. The molecule has 22 heavy (non-hydrogen) atoms. The number of halogens is 1. The number of benzene rings is 3. The van der Waals surface area contributed by atoms with E-state index in [0.717, 1.165) is 10.6 Å². The standard InChI is InChI=1S/C19H16FOP/c1-15-14-18(12-13-19(15)20)22(21,16-8-4-2-5-9-16)17-10-6-3-7-11-17/h2-14H,1H3. The van der Waals surface area contributed by atoms with Crippen LogP contribution in [-0.2, 0) is 4.57 Å². The topological polar surface area (TPSA) is 17.1 Å². The highest BCUT2D eigenvalue weighted by molar-refractivity contribution is 7.85. The van der Waals surface area contributed by atoms with Crippen LogP contribution < -0.4 is 15.9 Å². The molecule has 0 N–H and O–H groups in total. The van der Waals surface area contributed by atoms with Crippen molar-refractivity contribution < 1.29 is 8.96 Å². The first-order chi connectivity index (χ1) is 10.6. The fraction of sp³-hybridized carbons (Fsp3) is 0.0526. The van der Waals surface area contributed by atoms with Gasteiger partial charge in [-0.25, -0.2) is 4.39 Å². The lowest BCUT2D eigenvalue weighted by atomic mass is 10.2. The SMILES string of the molecule is Cc1cc(P(=O)(c2ccccc2)c2ccccc2)ccc1F. The average Bonchev–Trinajstić information content (AvgIpc) is 2.58. The van der Waals surface area contributed by atoms with E-state index in [1.54, 1.807) is 19.1 Å². The van der Waals surface area contributed by atoms with Gasteiger partial charge in [0.15, 0.2) is 7.14 Å². The Labute approximate surface area is 129 Å². The molecule has 3 aromatic rings. The highest BCUT2D eigenvalue weighted by Crippen LogP contribution is 2.42. The summed E-state index contributed by atoms with van der Waals surface area (Å²) in [6.07, 6.45) is 0. The Hall–Kier alpha value is -2.18. The molecule has 3 rings (SSSR count). The van der Waals surface area contributed by atoms with E-state index >= 15 is 0 Å². The van der Waals surface area contributed by atoms with Crippen molar-refractivity contribution in [2.75, 3.05) is 0 Å². The molecule has 0 radical (unpaired) electrons. The fourth-order valence-electron chi connectivity index (χ4n) is 2.55. The van der Waals surface area contributed by atoms with Crippen LogP contribution in [0.15, 0.2) is 78.9 Å². The van der Waals surface area contributed by atoms with Crippen molar-refractivity contribution in [3.63, 3.8) is 0 Å². The summed E-state index contributed by atoms with van der Waals surface area (Å²) >= 11 is 0. The molecule has 0 bridgehead atoms. The van der Waals surface area contributed by atoms with Crippen molar-refractivity contribution in [1.82, 2.24) is 0 Å². The summed E-state index contributed by atoms with van der Waals surface area (Å²) in [5.41, 5.74) is 0.504. The number of hydrogen-bond donors (Lipinski definition) is 0. The first-order valence-electron chi connectivity index (χ1n) is 7.10. The normalized spacial score (nSPS) is 11.4. The Bertz CT molecular complexity index is 785. The van der Waals surface area contributed by atoms with Crippen LogP contribution in [-0.4, -0.2) is 0 Å². The maximum atomic E-state index is 14.0. The van der Waals surface area contributed by atoms with Crippen molar-refractivity contribution in [1.29, 1.82) is 0 Å². The molecule has 0 heterocycles. The van der Waals surface area contributed by atoms with Gasteiger partial charge in [-0.05, 0) is 30.7 Å². The van der Waals surface area contributed by atoms with Crippen molar-refractivity contribution in [2.45, 2.75) is 6.92 Å². The Morgan fingerprint density at radius 3 is 1.68 bits per heavy atom. The summed E-state index contributed by atoms with van der Waals surface area (Å²) in [5.74, 6) is -0.281. The maximum absolute atomic E-state index is 14.0. The molecule has 0 fully saturated rings. The van der Waals surface area contributed by atoms with Gasteiger partial charge in [-0.2, -0.15) is 0 Å². The van der Waals surface area contributed by atoms with Gasteiger partial charge in [-0.15, -0.1) is 0 Å². The lowest BCUT2D eigenvalue weighted by molar-refractivity contribution is 0.592. The quantitative estimate of drug-likeness (QED) is 0.673. The van der Waals surface area contributed by atoms with Crippen LogP contribution in [0.5, 0.6) is 0 Å². The molecule has 0 amide bonds. The minimum absolute atomic E-state index is 0.281. The van der Waals surface area contributed by atoms with Crippen LogP contribution >= 0.6 is 7.14 Å². The van der Waals surface area contributed by atoms with Gasteiger partial charge >= 0.3 is 0 Å². The second-order valence-electron chi connectivity index (χ2n) is 5.21. The number of aryl methyl sites for hydroxylation is 1. The summed E-state index contributed by atoms with van der Waals surface area (Å²) in [7, 11) is -2.99. The summed E-state index contributed by atoms with van der Waals surface area (Å²) < 4.78 is 27.6. The molecule has 0 aliphatic carbocycles. The van der Waals surface area contributed by atoms with Crippen LogP contribution in [0.3, 0.4) is 0 Å². The molecule has 0 saturated carbocycles. The maximum Gasteiger partial charge on any atom is 0.171 e. The highest BCUT2D eigenvalue weighted by atomic mass is 31.2. The molecular formula is C19H16FOP. The number of hydrogen-bond acceptors (Lipinski definition) is 1. The predicted octanol–water partition coefficient (Wildman–Crippen LogP) is 3.77. The van der Waals surface area contributed by atoms with Gasteiger partial charge in [0.1, 0.15) is 5.82 Å². The van der Waals surface area contributed by atoms with Gasteiger partial charge in [0.25, 0.3) is 0 Å². The zero-order chi connectivity index (χ0) is 15.6. The third-order valence-electron chi connectivity index (χ3n) is 3.74. The Kier molecular flexibility index (Phi) is 3.96. The van der Waals surface area contributed by atoms with Gasteiger partial charge in [0.05, 0.1) is 0 Å². The fourth-order valence-corrected chi connectivity index (χ4v) is 5.29. The zero-order valence-corrected chi connectivity index (χ0v) is 13.1. The van der Waals surface area contributed by atoms with Crippen molar-refractivity contribution in [2.24, 2.45) is 0 Å². The summed E-state index contributed by atoms with van der Waals surface area (Å²) in [4.78, 5) is 0. The lowest BCUT2D eigenvalue weighted by Crippen LogP contribution is -2.25. The third kappa shape index (κ3) is 2.51. The first kappa shape index (κ1) is 14.7. The summed E-state index contributed by atoms with van der Waals surface area (Å²) in [6, 6.07) is 23.5. The highest BCUT2D eigenvalue weighted by Gasteiger charge is 2.29. The van der Waals surface area contributed by atoms with Crippen LogP contribution in [0.4, 0.5) is 4.39 Å². The van der Waals surface area contributed by atoms with E-state index in [-0.39, 0.29) is 5.82 Å². The van der Waals surface area contributed by atoms with Gasteiger partial charge in [-0.1, -0.05) is 60.7 Å². The Morgan fingerprint density at radius 1 is 0.727 bits per heavy atom. The molecule has 0 atom stereocenters. The van der Waals surface area contributed by atoms with Crippen LogP contribution in [0.2, 0.25) is 0 Å². The monoisotopic (exact) mass is 310 g/mol. The second kappa shape index (κ2) is 5.90. The molecule has 0 spiro atoms. The molecule has 3 aromatic carbocycles. The molecule has 0 saturated heterocycles.